The van der Waals surface area contributed by atoms with E-state index in [1.165, 1.54) is 12.1 Å². The number of halogens is 1. The lowest BCUT2D eigenvalue weighted by molar-refractivity contribution is 0.104. The van der Waals surface area contributed by atoms with Crippen LogP contribution in [0, 0.1) is 5.82 Å². The fourth-order valence-corrected chi connectivity index (χ4v) is 4.62. The molecule has 1 fully saturated rings. The highest BCUT2D eigenvalue weighted by Crippen LogP contribution is 2.25. The molecule has 0 spiro atoms. The molecule has 4 aromatic rings. The first-order chi connectivity index (χ1) is 18.1. The molecule has 0 bridgehead atoms. The van der Waals surface area contributed by atoms with E-state index in [2.05, 4.69) is 16.8 Å². The number of likely N-dealkylation sites (N-methyl/N-ethyl adjacent to an activating group) is 1. The molecule has 2 aromatic heterocycles. The van der Waals surface area contributed by atoms with Crippen molar-refractivity contribution in [3.63, 3.8) is 0 Å². The van der Waals surface area contributed by atoms with Crippen molar-refractivity contribution in [1.82, 2.24) is 19.7 Å². The van der Waals surface area contributed by atoms with Gasteiger partial charge in [-0.2, -0.15) is 5.10 Å². The van der Waals surface area contributed by atoms with E-state index in [0.29, 0.717) is 17.8 Å². The Balaban J connectivity index is 1.35. The first-order valence-corrected chi connectivity index (χ1v) is 12.6. The number of hydrogen-bond acceptors (Lipinski definition) is 5. The third kappa shape index (κ3) is 5.84. The van der Waals surface area contributed by atoms with Gasteiger partial charge in [0, 0.05) is 61.5 Å². The minimum Gasteiger partial charge on any atom is -0.367 e. The van der Waals surface area contributed by atoms with Crippen LogP contribution in [0.1, 0.15) is 28.4 Å². The zero-order valence-corrected chi connectivity index (χ0v) is 20.9. The molecule has 0 radical (unpaired) electrons. The van der Waals surface area contributed by atoms with Gasteiger partial charge < -0.3 is 9.80 Å². The lowest BCUT2D eigenvalue weighted by atomic mass is 10.1. The van der Waals surface area contributed by atoms with E-state index in [-0.39, 0.29) is 11.6 Å². The molecular weight excluding hydrogens is 465 g/mol. The maximum atomic E-state index is 15.0. The van der Waals surface area contributed by atoms with Crippen LogP contribution in [0.3, 0.4) is 0 Å². The first kappa shape index (κ1) is 24.6. The largest absolute Gasteiger partial charge is 0.367 e. The number of pyridine rings is 1. The average molecular weight is 496 g/mol. The van der Waals surface area contributed by atoms with Gasteiger partial charge in [0.05, 0.1) is 12.2 Å². The van der Waals surface area contributed by atoms with Crippen molar-refractivity contribution in [2.45, 2.75) is 13.5 Å². The van der Waals surface area contributed by atoms with Gasteiger partial charge in [-0.25, -0.2) is 4.39 Å². The van der Waals surface area contributed by atoms with Crippen molar-refractivity contribution in [3.05, 3.63) is 108 Å². The molecule has 7 heteroatoms. The Morgan fingerprint density at radius 1 is 1.03 bits per heavy atom. The Kier molecular flexibility index (Phi) is 7.51. The van der Waals surface area contributed by atoms with E-state index in [4.69, 9.17) is 5.10 Å². The number of benzene rings is 2. The standard InChI is InChI=1S/C30H30FN5O/c1-2-34-15-17-35(18-16-34)28-12-10-24(19-27(28)31)29(37)13-11-26-22-36(21-23-7-4-3-5-8-23)33-30(26)25-9-6-14-32-20-25/h3-14,19-20,22H,2,15-18,21H2,1H3. The van der Waals surface area contributed by atoms with Crippen molar-refractivity contribution in [1.29, 1.82) is 0 Å². The third-order valence-electron chi connectivity index (χ3n) is 6.72. The number of anilines is 1. The van der Waals surface area contributed by atoms with Crippen LogP contribution in [0.5, 0.6) is 0 Å². The molecule has 0 unspecified atom stereocenters. The number of hydrogen-bond donors (Lipinski definition) is 0. The van der Waals surface area contributed by atoms with Crippen LogP contribution in [0.4, 0.5) is 10.1 Å². The van der Waals surface area contributed by atoms with Crippen molar-refractivity contribution < 1.29 is 9.18 Å². The van der Waals surface area contributed by atoms with Crippen molar-refractivity contribution in [3.8, 4) is 11.3 Å². The van der Waals surface area contributed by atoms with Gasteiger partial charge in [-0.05, 0) is 54.6 Å². The van der Waals surface area contributed by atoms with Gasteiger partial charge in [0.2, 0.25) is 0 Å². The summed E-state index contributed by atoms with van der Waals surface area (Å²) in [6.45, 7) is 7.13. The molecule has 6 nitrogen and oxygen atoms in total. The number of carbonyl (C=O) groups excluding carboxylic acids is 1. The lowest BCUT2D eigenvalue weighted by Crippen LogP contribution is -2.46. The maximum absolute atomic E-state index is 15.0. The van der Waals surface area contributed by atoms with Crippen LogP contribution in [0.25, 0.3) is 17.3 Å². The van der Waals surface area contributed by atoms with E-state index < -0.39 is 0 Å². The zero-order valence-electron chi connectivity index (χ0n) is 20.9. The quantitative estimate of drug-likeness (QED) is 0.249. The van der Waals surface area contributed by atoms with Crippen LogP contribution in [-0.2, 0) is 6.54 Å². The Hall–Kier alpha value is -4.10. The van der Waals surface area contributed by atoms with Crippen LogP contribution < -0.4 is 4.90 Å². The van der Waals surface area contributed by atoms with Crippen LogP contribution in [0.2, 0.25) is 0 Å². The summed E-state index contributed by atoms with van der Waals surface area (Å²) in [5.74, 6) is -0.620. The molecule has 3 heterocycles. The molecule has 0 N–H and O–H groups in total. The number of aromatic nitrogens is 3. The Labute approximate surface area is 216 Å². The number of nitrogens with zero attached hydrogens (tertiary/aromatic N) is 5. The fraction of sp³-hybridized carbons (Fsp3) is 0.233. The number of piperazine rings is 1. The van der Waals surface area contributed by atoms with Gasteiger partial charge in [0.1, 0.15) is 11.5 Å². The number of ketones is 1. The maximum Gasteiger partial charge on any atom is 0.185 e. The summed E-state index contributed by atoms with van der Waals surface area (Å²) in [5.41, 5.74) is 4.40. The second-order valence-corrected chi connectivity index (χ2v) is 9.14. The van der Waals surface area contributed by atoms with Crippen molar-refractivity contribution in [2.75, 3.05) is 37.6 Å². The molecule has 37 heavy (non-hydrogen) atoms. The molecule has 5 rings (SSSR count). The summed E-state index contributed by atoms with van der Waals surface area (Å²) >= 11 is 0. The number of rotatable bonds is 8. The number of allylic oxidation sites excluding steroid dienone is 1. The Bertz CT molecular complexity index is 1380. The minimum absolute atomic E-state index is 0.255. The van der Waals surface area contributed by atoms with Crippen molar-refractivity contribution in [2.24, 2.45) is 0 Å². The third-order valence-corrected chi connectivity index (χ3v) is 6.72. The second-order valence-electron chi connectivity index (χ2n) is 9.14. The monoisotopic (exact) mass is 495 g/mol. The summed E-state index contributed by atoms with van der Waals surface area (Å²) < 4.78 is 16.8. The van der Waals surface area contributed by atoms with Gasteiger partial charge in [-0.15, -0.1) is 0 Å². The van der Waals surface area contributed by atoms with E-state index in [1.807, 2.05) is 58.2 Å². The molecule has 2 aromatic carbocycles. The highest BCUT2D eigenvalue weighted by atomic mass is 19.1. The molecule has 1 aliphatic heterocycles. The highest BCUT2D eigenvalue weighted by Gasteiger charge is 2.19. The van der Waals surface area contributed by atoms with Gasteiger partial charge in [-0.1, -0.05) is 37.3 Å². The lowest BCUT2D eigenvalue weighted by Gasteiger charge is -2.35. The second kappa shape index (κ2) is 11.3. The predicted molar refractivity (Wildman–Crippen MR) is 145 cm³/mol. The van der Waals surface area contributed by atoms with Gasteiger partial charge in [-0.3, -0.25) is 14.5 Å². The summed E-state index contributed by atoms with van der Waals surface area (Å²) in [7, 11) is 0. The van der Waals surface area contributed by atoms with E-state index in [9.17, 15) is 9.18 Å². The average Bonchev–Trinajstić information content (AvgIpc) is 3.35. The van der Waals surface area contributed by atoms with Crippen LogP contribution in [-0.4, -0.2) is 58.2 Å². The Morgan fingerprint density at radius 3 is 2.54 bits per heavy atom. The molecule has 0 atom stereocenters. The van der Waals surface area contributed by atoms with Gasteiger partial charge in [0.15, 0.2) is 5.78 Å². The van der Waals surface area contributed by atoms with Gasteiger partial charge in [0.25, 0.3) is 0 Å². The fourth-order valence-electron chi connectivity index (χ4n) is 4.62. The predicted octanol–water partition coefficient (Wildman–Crippen LogP) is 5.17. The van der Waals surface area contributed by atoms with E-state index in [1.54, 1.807) is 30.6 Å². The minimum atomic E-state index is -0.365. The molecule has 188 valence electrons. The zero-order chi connectivity index (χ0) is 25.6. The molecular formula is C30H30FN5O. The molecule has 0 saturated carbocycles. The Morgan fingerprint density at radius 2 is 1.84 bits per heavy atom. The van der Waals surface area contributed by atoms with Crippen LogP contribution in [0.15, 0.2) is 85.3 Å². The van der Waals surface area contributed by atoms with Gasteiger partial charge >= 0.3 is 0 Å². The van der Waals surface area contributed by atoms with Crippen LogP contribution >= 0.6 is 0 Å². The highest BCUT2D eigenvalue weighted by molar-refractivity contribution is 6.07. The molecule has 0 amide bonds. The summed E-state index contributed by atoms with van der Waals surface area (Å²) in [6.07, 6.45) is 8.61. The first-order valence-electron chi connectivity index (χ1n) is 12.6. The summed E-state index contributed by atoms with van der Waals surface area (Å²) in [4.78, 5) is 21.6. The van der Waals surface area contributed by atoms with E-state index >= 15 is 0 Å². The van der Waals surface area contributed by atoms with E-state index in [0.717, 1.165) is 55.1 Å². The summed E-state index contributed by atoms with van der Waals surface area (Å²) in [5, 5.41) is 4.76. The normalized spacial score (nSPS) is 14.4. The molecule has 0 aliphatic carbocycles. The number of carbonyl (C=O) groups is 1. The molecule has 1 aliphatic rings. The SMILES string of the molecule is CCN1CCN(c2ccc(C(=O)C=Cc3cn(Cc4ccccc4)nc3-c3cccnc3)cc2F)CC1. The topological polar surface area (TPSA) is 54.3 Å². The smallest absolute Gasteiger partial charge is 0.185 e. The van der Waals surface area contributed by atoms with Crippen molar-refractivity contribution >= 4 is 17.5 Å². The molecule has 1 saturated heterocycles. The summed E-state index contributed by atoms with van der Waals surface area (Å²) in [6, 6.07) is 18.6.